The molecule has 23 heavy (non-hydrogen) atoms. The fraction of sp³-hybridized carbons (Fsp3) is 0.333. The number of halogens is 2. The average Bonchev–Trinajstić information content (AvgIpc) is 3.04. The Morgan fingerprint density at radius 1 is 0.783 bits per heavy atom. The maximum absolute atomic E-state index is 13.1. The quantitative estimate of drug-likeness (QED) is 0.924. The molecular formula is C18H16F2O3. The number of hydrogen-bond donors (Lipinski definition) is 1. The molecule has 2 aromatic carbocycles. The Morgan fingerprint density at radius 2 is 1.17 bits per heavy atom. The van der Waals surface area contributed by atoms with Crippen molar-refractivity contribution in [1.29, 1.82) is 0 Å². The number of hydrogen-bond acceptors (Lipinski definition) is 3. The summed E-state index contributed by atoms with van der Waals surface area (Å²) in [7, 11) is 0. The molecule has 1 N–H and O–H groups in total. The fourth-order valence-electron chi connectivity index (χ4n) is 3.54. The van der Waals surface area contributed by atoms with Gasteiger partial charge in [-0.15, -0.1) is 0 Å². The molecule has 0 radical (unpaired) electrons. The summed E-state index contributed by atoms with van der Waals surface area (Å²) in [6.45, 7) is 0.328. The van der Waals surface area contributed by atoms with Crippen LogP contribution < -0.4 is 0 Å². The molecule has 120 valence electrons. The lowest BCUT2D eigenvalue weighted by Crippen LogP contribution is -2.37. The lowest BCUT2D eigenvalue weighted by Gasteiger charge is -2.26. The van der Waals surface area contributed by atoms with Crippen LogP contribution in [0.15, 0.2) is 48.5 Å². The van der Waals surface area contributed by atoms with Gasteiger partial charge in [-0.3, -0.25) is 0 Å². The molecule has 0 aliphatic carbocycles. The van der Waals surface area contributed by atoms with Crippen molar-refractivity contribution in [2.24, 2.45) is 5.92 Å². The second-order valence-corrected chi connectivity index (χ2v) is 6.20. The first-order chi connectivity index (χ1) is 11.1. The molecule has 5 heteroatoms. The zero-order chi connectivity index (χ0) is 16.0. The van der Waals surface area contributed by atoms with Gasteiger partial charge in [-0.2, -0.15) is 0 Å². The maximum Gasteiger partial charge on any atom is 0.123 e. The summed E-state index contributed by atoms with van der Waals surface area (Å²) in [5.41, 5.74) is 0.507. The second-order valence-electron chi connectivity index (χ2n) is 6.20. The topological polar surface area (TPSA) is 38.7 Å². The van der Waals surface area contributed by atoms with E-state index in [1.165, 1.54) is 24.3 Å². The van der Waals surface area contributed by atoms with Crippen LogP contribution in [0.25, 0.3) is 0 Å². The van der Waals surface area contributed by atoms with Crippen LogP contribution in [0.4, 0.5) is 8.78 Å². The first-order valence-electron chi connectivity index (χ1n) is 7.53. The Labute approximate surface area is 132 Å². The third kappa shape index (κ3) is 2.45. The normalized spacial score (nSPS) is 32.9. The Hall–Kier alpha value is -1.82. The zero-order valence-electron chi connectivity index (χ0n) is 12.3. The molecule has 2 fully saturated rings. The van der Waals surface area contributed by atoms with Crippen LogP contribution in [0.2, 0.25) is 0 Å². The first-order valence-corrected chi connectivity index (χ1v) is 7.53. The smallest absolute Gasteiger partial charge is 0.123 e. The van der Waals surface area contributed by atoms with Crippen LogP contribution >= 0.6 is 0 Å². The van der Waals surface area contributed by atoms with Gasteiger partial charge in [0.1, 0.15) is 17.2 Å². The highest BCUT2D eigenvalue weighted by Gasteiger charge is 2.58. The van der Waals surface area contributed by atoms with Crippen LogP contribution in [0.1, 0.15) is 23.3 Å². The Kier molecular flexibility index (Phi) is 3.44. The molecule has 2 saturated heterocycles. The summed E-state index contributed by atoms with van der Waals surface area (Å²) in [4.78, 5) is 0. The van der Waals surface area contributed by atoms with Crippen molar-refractivity contribution >= 4 is 0 Å². The maximum atomic E-state index is 13.1. The fourth-order valence-corrected chi connectivity index (χ4v) is 3.54. The number of ether oxygens (including phenoxy) is 2. The number of fused-ring (bicyclic) bond motifs is 1. The summed E-state index contributed by atoms with van der Waals surface area (Å²) < 4.78 is 37.9. The second kappa shape index (κ2) is 5.37. The predicted molar refractivity (Wildman–Crippen MR) is 78.6 cm³/mol. The van der Waals surface area contributed by atoms with Crippen molar-refractivity contribution in [3.05, 3.63) is 71.3 Å². The summed E-state index contributed by atoms with van der Waals surface area (Å²) in [5.74, 6) is -0.960. The SMILES string of the molecule is OC12COC(c3ccc(F)cc3)C1C(c1ccc(F)cc1)OC2. The molecule has 0 amide bonds. The summed E-state index contributed by atoms with van der Waals surface area (Å²) in [5, 5.41) is 10.8. The van der Waals surface area contributed by atoms with Crippen molar-refractivity contribution < 1.29 is 23.4 Å². The van der Waals surface area contributed by atoms with Gasteiger partial charge in [-0.1, -0.05) is 24.3 Å². The molecule has 3 nitrogen and oxygen atoms in total. The molecular weight excluding hydrogens is 302 g/mol. The third-order valence-corrected chi connectivity index (χ3v) is 4.70. The number of rotatable bonds is 2. The highest BCUT2D eigenvalue weighted by molar-refractivity contribution is 5.28. The van der Waals surface area contributed by atoms with Crippen LogP contribution in [-0.4, -0.2) is 23.9 Å². The van der Waals surface area contributed by atoms with E-state index in [0.29, 0.717) is 0 Å². The number of aliphatic hydroxyl groups is 1. The standard InChI is InChI=1S/C18H16F2O3/c19-13-5-1-11(2-6-13)16-15-17(12-3-7-14(20)8-4-12)23-10-18(15,21)9-22-16/h1-8,15-17,21H,9-10H2. The molecule has 2 heterocycles. The molecule has 2 aromatic rings. The lowest BCUT2D eigenvalue weighted by atomic mass is 9.80. The molecule has 0 saturated carbocycles. The summed E-state index contributed by atoms with van der Waals surface area (Å²) >= 11 is 0. The molecule has 2 unspecified atom stereocenters. The van der Waals surface area contributed by atoms with Gasteiger partial charge >= 0.3 is 0 Å². The van der Waals surface area contributed by atoms with E-state index in [1.54, 1.807) is 24.3 Å². The van der Waals surface area contributed by atoms with Crippen LogP contribution in [0.3, 0.4) is 0 Å². The van der Waals surface area contributed by atoms with Crippen molar-refractivity contribution in [3.63, 3.8) is 0 Å². The molecule has 0 aromatic heterocycles. The van der Waals surface area contributed by atoms with E-state index in [9.17, 15) is 13.9 Å². The summed E-state index contributed by atoms with van der Waals surface area (Å²) in [6, 6.07) is 12.1. The van der Waals surface area contributed by atoms with E-state index in [1.807, 2.05) is 0 Å². The third-order valence-electron chi connectivity index (χ3n) is 4.70. The van der Waals surface area contributed by atoms with E-state index in [2.05, 4.69) is 0 Å². The molecule has 0 bridgehead atoms. The van der Waals surface area contributed by atoms with Gasteiger partial charge < -0.3 is 14.6 Å². The van der Waals surface area contributed by atoms with Gasteiger partial charge in [0.15, 0.2) is 0 Å². The monoisotopic (exact) mass is 318 g/mol. The summed E-state index contributed by atoms with van der Waals surface area (Å²) in [6.07, 6.45) is -0.781. The molecule has 2 aliphatic heterocycles. The zero-order valence-corrected chi connectivity index (χ0v) is 12.3. The van der Waals surface area contributed by atoms with Gasteiger partial charge in [0.25, 0.3) is 0 Å². The minimum absolute atomic E-state index is 0.164. The molecule has 0 spiro atoms. The van der Waals surface area contributed by atoms with E-state index in [4.69, 9.17) is 9.47 Å². The van der Waals surface area contributed by atoms with Crippen molar-refractivity contribution in [2.75, 3.05) is 13.2 Å². The first kappa shape index (κ1) is 14.8. The highest BCUT2D eigenvalue weighted by atomic mass is 19.1. The van der Waals surface area contributed by atoms with Gasteiger partial charge in [-0.05, 0) is 35.4 Å². The predicted octanol–water partition coefficient (Wildman–Crippen LogP) is 3.15. The van der Waals surface area contributed by atoms with Crippen molar-refractivity contribution in [2.45, 2.75) is 17.8 Å². The lowest BCUT2D eigenvalue weighted by molar-refractivity contribution is -0.0205. The van der Waals surface area contributed by atoms with E-state index >= 15 is 0 Å². The van der Waals surface area contributed by atoms with Crippen LogP contribution in [0, 0.1) is 17.6 Å². The van der Waals surface area contributed by atoms with E-state index in [0.717, 1.165) is 11.1 Å². The Balaban J connectivity index is 1.70. The molecule has 2 atom stereocenters. The molecule has 2 aliphatic rings. The van der Waals surface area contributed by atoms with Crippen molar-refractivity contribution in [3.8, 4) is 0 Å². The minimum Gasteiger partial charge on any atom is -0.385 e. The Bertz CT molecular complexity index is 642. The van der Waals surface area contributed by atoms with Crippen LogP contribution in [0.5, 0.6) is 0 Å². The van der Waals surface area contributed by atoms with Gasteiger partial charge in [0, 0.05) is 0 Å². The van der Waals surface area contributed by atoms with Gasteiger partial charge in [-0.25, -0.2) is 8.78 Å². The van der Waals surface area contributed by atoms with E-state index in [-0.39, 0.29) is 30.8 Å². The van der Waals surface area contributed by atoms with Gasteiger partial charge in [0.05, 0.1) is 31.3 Å². The average molecular weight is 318 g/mol. The largest absolute Gasteiger partial charge is 0.385 e. The van der Waals surface area contributed by atoms with Crippen LogP contribution in [-0.2, 0) is 9.47 Å². The number of benzene rings is 2. The van der Waals surface area contributed by atoms with E-state index < -0.39 is 17.8 Å². The van der Waals surface area contributed by atoms with Crippen molar-refractivity contribution in [1.82, 2.24) is 0 Å². The minimum atomic E-state index is -1.09. The van der Waals surface area contributed by atoms with Gasteiger partial charge in [0.2, 0.25) is 0 Å². The highest BCUT2D eigenvalue weighted by Crippen LogP contribution is 2.53. The molecule has 4 rings (SSSR count). The Morgan fingerprint density at radius 3 is 1.57 bits per heavy atom.